The normalized spacial score (nSPS) is 40.3. The highest BCUT2D eigenvalue weighted by Crippen LogP contribution is 2.44. The molecule has 4 nitrogen and oxygen atoms in total. The Labute approximate surface area is 128 Å². The third-order valence-electron chi connectivity index (χ3n) is 6.50. The first-order valence-corrected chi connectivity index (χ1v) is 8.80. The van der Waals surface area contributed by atoms with Crippen LogP contribution in [0, 0.1) is 11.8 Å². The van der Waals surface area contributed by atoms with Gasteiger partial charge in [0, 0.05) is 50.3 Å². The summed E-state index contributed by atoms with van der Waals surface area (Å²) in [6.45, 7) is 13.5. The second-order valence-electron chi connectivity index (χ2n) is 8.04. The van der Waals surface area contributed by atoms with Crippen molar-refractivity contribution in [2.45, 2.75) is 57.3 Å². The zero-order valence-corrected chi connectivity index (χ0v) is 13.8. The molecule has 4 unspecified atom stereocenters. The summed E-state index contributed by atoms with van der Waals surface area (Å²) in [7, 11) is 0. The van der Waals surface area contributed by atoms with Crippen LogP contribution in [-0.4, -0.2) is 73.0 Å². The molecule has 0 N–H and O–H groups in total. The molecule has 4 saturated heterocycles. The van der Waals surface area contributed by atoms with Gasteiger partial charge in [0.2, 0.25) is 0 Å². The number of rotatable bonds is 4. The van der Waals surface area contributed by atoms with E-state index < -0.39 is 0 Å². The number of hydrogen-bond acceptors (Lipinski definition) is 4. The Hall–Kier alpha value is -0.160. The Bertz CT molecular complexity index is 394. The predicted octanol–water partition coefficient (Wildman–Crippen LogP) is 1.59. The first-order valence-electron chi connectivity index (χ1n) is 8.80. The maximum atomic E-state index is 6.20. The van der Waals surface area contributed by atoms with Crippen molar-refractivity contribution in [3.63, 3.8) is 0 Å². The van der Waals surface area contributed by atoms with Gasteiger partial charge in [-0.15, -0.1) is 0 Å². The highest BCUT2D eigenvalue weighted by atomic mass is 16.5. The molecule has 4 heterocycles. The average molecular weight is 294 g/mol. The van der Waals surface area contributed by atoms with Crippen LogP contribution in [-0.2, 0) is 9.47 Å². The highest BCUT2D eigenvalue weighted by molar-refractivity contribution is 5.07. The van der Waals surface area contributed by atoms with E-state index in [0.717, 1.165) is 44.7 Å². The van der Waals surface area contributed by atoms with E-state index >= 15 is 0 Å². The third kappa shape index (κ3) is 2.26. The number of hydrogen-bond donors (Lipinski definition) is 0. The fourth-order valence-corrected chi connectivity index (χ4v) is 4.92. The van der Waals surface area contributed by atoms with Crippen LogP contribution >= 0.6 is 0 Å². The molecule has 4 atom stereocenters. The van der Waals surface area contributed by atoms with Gasteiger partial charge in [-0.25, -0.2) is 0 Å². The highest BCUT2D eigenvalue weighted by Gasteiger charge is 2.54. The molecule has 0 aliphatic carbocycles. The summed E-state index contributed by atoms with van der Waals surface area (Å²) in [4.78, 5) is 5.23. The van der Waals surface area contributed by atoms with Gasteiger partial charge in [-0.05, 0) is 39.5 Å². The zero-order chi connectivity index (χ0) is 14.6. The molecule has 4 aliphatic heterocycles. The van der Waals surface area contributed by atoms with Crippen molar-refractivity contribution in [1.29, 1.82) is 0 Å². The van der Waals surface area contributed by atoms with Crippen molar-refractivity contribution >= 4 is 0 Å². The van der Waals surface area contributed by atoms with Crippen LogP contribution in [0.5, 0.6) is 0 Å². The molecular weight excluding hydrogens is 264 g/mol. The number of nitrogens with zero attached hydrogens (tertiary/aromatic N) is 2. The predicted molar refractivity (Wildman–Crippen MR) is 82.4 cm³/mol. The Morgan fingerprint density at radius 1 is 1.19 bits per heavy atom. The van der Waals surface area contributed by atoms with Crippen LogP contribution in [0.25, 0.3) is 0 Å². The van der Waals surface area contributed by atoms with E-state index in [1.165, 1.54) is 19.4 Å². The summed E-state index contributed by atoms with van der Waals surface area (Å²) in [5.41, 5.74) is 0.189. The minimum atomic E-state index is 0.189. The molecule has 0 aromatic rings. The van der Waals surface area contributed by atoms with Gasteiger partial charge in [-0.3, -0.25) is 9.80 Å². The molecule has 0 bridgehead atoms. The summed E-state index contributed by atoms with van der Waals surface area (Å²) >= 11 is 0. The van der Waals surface area contributed by atoms with Gasteiger partial charge in [0.05, 0.1) is 18.8 Å². The lowest BCUT2D eigenvalue weighted by Crippen LogP contribution is -2.67. The number of fused-ring (bicyclic) bond motifs is 1. The van der Waals surface area contributed by atoms with Crippen molar-refractivity contribution in [1.82, 2.24) is 9.80 Å². The topological polar surface area (TPSA) is 24.9 Å². The molecule has 0 aromatic carbocycles. The van der Waals surface area contributed by atoms with Crippen molar-refractivity contribution in [2.24, 2.45) is 11.8 Å². The van der Waals surface area contributed by atoms with Crippen LogP contribution in [0.4, 0.5) is 0 Å². The molecule has 4 aliphatic rings. The van der Waals surface area contributed by atoms with Crippen molar-refractivity contribution in [3.8, 4) is 0 Å². The molecule has 0 amide bonds. The minimum absolute atomic E-state index is 0.189. The zero-order valence-electron chi connectivity index (χ0n) is 13.8. The number of likely N-dealkylation sites (tertiary alicyclic amines) is 2. The van der Waals surface area contributed by atoms with Crippen LogP contribution in [0.3, 0.4) is 0 Å². The Morgan fingerprint density at radius 2 is 2.00 bits per heavy atom. The molecule has 1 spiro atoms. The van der Waals surface area contributed by atoms with Gasteiger partial charge in [-0.1, -0.05) is 0 Å². The van der Waals surface area contributed by atoms with Gasteiger partial charge < -0.3 is 9.47 Å². The maximum Gasteiger partial charge on any atom is 0.0964 e. The lowest BCUT2D eigenvalue weighted by Gasteiger charge is -2.54. The van der Waals surface area contributed by atoms with Gasteiger partial charge in [-0.2, -0.15) is 0 Å². The molecular formula is C17H30N2O2. The summed E-state index contributed by atoms with van der Waals surface area (Å²) in [5.74, 6) is 1.57. The van der Waals surface area contributed by atoms with Crippen molar-refractivity contribution in [2.75, 3.05) is 39.5 Å². The van der Waals surface area contributed by atoms with Crippen molar-refractivity contribution in [3.05, 3.63) is 0 Å². The van der Waals surface area contributed by atoms with Gasteiger partial charge >= 0.3 is 0 Å². The average Bonchev–Trinajstić information content (AvgIpc) is 2.92. The monoisotopic (exact) mass is 294 g/mol. The van der Waals surface area contributed by atoms with Gasteiger partial charge in [0.25, 0.3) is 0 Å². The maximum absolute atomic E-state index is 6.20. The second kappa shape index (κ2) is 5.19. The molecule has 4 heteroatoms. The number of ether oxygens (including phenoxy) is 2. The smallest absolute Gasteiger partial charge is 0.0964 e. The van der Waals surface area contributed by atoms with E-state index in [1.807, 2.05) is 0 Å². The first-order chi connectivity index (χ1) is 10.1. The van der Waals surface area contributed by atoms with Gasteiger partial charge in [0.15, 0.2) is 0 Å². The third-order valence-corrected chi connectivity index (χ3v) is 6.50. The molecule has 4 rings (SSSR count). The second-order valence-corrected chi connectivity index (χ2v) is 8.04. The molecule has 0 radical (unpaired) electrons. The van der Waals surface area contributed by atoms with E-state index in [1.54, 1.807) is 0 Å². The molecule has 4 fully saturated rings. The van der Waals surface area contributed by atoms with Gasteiger partial charge in [0.1, 0.15) is 0 Å². The van der Waals surface area contributed by atoms with Crippen LogP contribution in [0.1, 0.15) is 33.6 Å². The Morgan fingerprint density at radius 3 is 2.71 bits per heavy atom. The SMILES string of the molecule is CC(C)N1CC2(C1)OCCC2CC(C)N1CC2COCC21. The van der Waals surface area contributed by atoms with Crippen LogP contribution in [0.15, 0.2) is 0 Å². The fourth-order valence-electron chi connectivity index (χ4n) is 4.92. The van der Waals surface area contributed by atoms with E-state index in [2.05, 4.69) is 30.6 Å². The Kier molecular flexibility index (Phi) is 3.57. The van der Waals surface area contributed by atoms with Crippen molar-refractivity contribution < 1.29 is 9.47 Å². The minimum Gasteiger partial charge on any atom is -0.379 e. The standard InChI is InChI=1S/C17H30N2O2/c1-12(2)18-10-17(11-18)15(4-5-21-17)6-13(3)19-7-14-8-20-9-16(14)19/h12-16H,4-11H2,1-3H3. The summed E-state index contributed by atoms with van der Waals surface area (Å²) < 4.78 is 11.8. The molecule has 120 valence electrons. The quantitative estimate of drug-likeness (QED) is 0.786. The first kappa shape index (κ1) is 14.4. The summed E-state index contributed by atoms with van der Waals surface area (Å²) in [6.07, 6.45) is 2.56. The molecule has 0 saturated carbocycles. The van der Waals surface area contributed by atoms with E-state index in [0.29, 0.717) is 18.1 Å². The van der Waals surface area contributed by atoms with E-state index in [-0.39, 0.29) is 5.60 Å². The van der Waals surface area contributed by atoms with Crippen LogP contribution in [0.2, 0.25) is 0 Å². The van der Waals surface area contributed by atoms with E-state index in [9.17, 15) is 0 Å². The molecule has 0 aromatic heterocycles. The molecule has 21 heavy (non-hydrogen) atoms. The summed E-state index contributed by atoms with van der Waals surface area (Å²) in [5, 5.41) is 0. The van der Waals surface area contributed by atoms with E-state index in [4.69, 9.17) is 9.47 Å². The van der Waals surface area contributed by atoms with Crippen LogP contribution < -0.4 is 0 Å². The lowest BCUT2D eigenvalue weighted by atomic mass is 9.76. The lowest BCUT2D eigenvalue weighted by molar-refractivity contribution is -0.147. The largest absolute Gasteiger partial charge is 0.379 e. The Balaban J connectivity index is 1.34. The summed E-state index contributed by atoms with van der Waals surface area (Å²) in [6, 6.07) is 2.06. The fraction of sp³-hybridized carbons (Fsp3) is 1.00.